The number of benzene rings is 23. The molecule has 23 aromatic carbocycles. The molecule has 6 nitrogen and oxygen atoms in total. The molecule has 0 unspecified atom stereocenters. The summed E-state index contributed by atoms with van der Waals surface area (Å²) in [5.74, 6) is 0. The molecule has 0 spiro atoms. The van der Waals surface area contributed by atoms with Gasteiger partial charge in [-0.1, -0.05) is 381 Å². The monoisotopic (exact) mass is 1900 g/mol. The SMILES string of the molecule is CC1(C)c2cc(-n3c4cc(-c5ccccc5)ccc4c4ccc(-c5ccc(-c6ccccc6)cc5)cc43)ccc2-c2ccc3oc4ccccc4c3c21.CC1(C)c2cc(-n3c4ccc(-c5ccccc5)cc4c4cc(-c5ccc6ccccc6c5)ccc43)ccc2-c2ccc3oc4ccccc4c3c21.CC1(C)c2cc(-n3c4ccccc4c4cc(-c5ccc6ccccc6c5)ccc43)ccc2-c2ccc3oc4ccccc4c3c21. The van der Waals surface area contributed by atoms with Crippen molar-refractivity contribution in [3.8, 4) is 117 Å². The highest BCUT2D eigenvalue weighted by Gasteiger charge is 2.43. The van der Waals surface area contributed by atoms with Crippen LogP contribution in [0, 0.1) is 0 Å². The lowest BCUT2D eigenvalue weighted by Gasteiger charge is -2.23. The number of para-hydroxylation sites is 4. The third kappa shape index (κ3) is 13.2. The number of rotatable bonds is 9. The van der Waals surface area contributed by atoms with Crippen molar-refractivity contribution in [1.29, 1.82) is 0 Å². The Hall–Kier alpha value is -18.6. The van der Waals surface area contributed by atoms with E-state index in [0.717, 1.165) is 33.5 Å². The largest absolute Gasteiger partial charge is 0.456 e. The maximum atomic E-state index is 6.37. The molecule has 6 heterocycles. The molecule has 702 valence electrons. The molecule has 0 bridgehead atoms. The van der Waals surface area contributed by atoms with E-state index in [0.29, 0.717) is 0 Å². The zero-order valence-electron chi connectivity index (χ0n) is 83.2. The quantitative estimate of drug-likeness (QED) is 0.145. The Morgan fingerprint density at radius 3 is 0.799 bits per heavy atom. The second-order valence-corrected chi connectivity index (χ2v) is 42.4. The van der Waals surface area contributed by atoms with Crippen LogP contribution in [0.15, 0.2) is 492 Å². The fourth-order valence-corrected chi connectivity index (χ4v) is 26.0. The first-order valence-corrected chi connectivity index (χ1v) is 51.9. The van der Waals surface area contributed by atoms with Gasteiger partial charge in [-0.25, -0.2) is 0 Å². The summed E-state index contributed by atoms with van der Waals surface area (Å²) in [5, 5.41) is 19.8. The first-order chi connectivity index (χ1) is 73.1. The molecule has 0 N–H and O–H groups in total. The fourth-order valence-electron chi connectivity index (χ4n) is 26.0. The summed E-state index contributed by atoms with van der Waals surface area (Å²) < 4.78 is 26.4. The van der Waals surface area contributed by atoms with Gasteiger partial charge >= 0.3 is 0 Å². The number of hydrogen-bond donors (Lipinski definition) is 0. The number of hydrogen-bond acceptors (Lipinski definition) is 3. The Morgan fingerprint density at radius 1 is 0.154 bits per heavy atom. The van der Waals surface area contributed by atoms with Gasteiger partial charge in [0.05, 0.1) is 33.1 Å². The molecular formula is C143H97N3O3. The van der Waals surface area contributed by atoms with E-state index in [1.165, 1.54) is 270 Å². The average Bonchev–Trinajstić information content (AvgIpc) is 1.54. The number of aromatic nitrogens is 3. The Labute approximate surface area is 861 Å². The summed E-state index contributed by atoms with van der Waals surface area (Å²) in [7, 11) is 0. The summed E-state index contributed by atoms with van der Waals surface area (Å²) in [5.41, 5.74) is 46.4. The van der Waals surface area contributed by atoms with E-state index in [2.05, 4.69) is 528 Å². The van der Waals surface area contributed by atoms with Crippen LogP contribution in [-0.4, -0.2) is 13.7 Å². The third-order valence-corrected chi connectivity index (χ3v) is 33.1. The fraction of sp³-hybridized carbons (Fsp3) is 0.0629. The zero-order chi connectivity index (χ0) is 99.0. The van der Waals surface area contributed by atoms with Gasteiger partial charge in [0.25, 0.3) is 0 Å². The van der Waals surface area contributed by atoms with Crippen LogP contribution in [0.2, 0.25) is 0 Å². The number of fused-ring (bicyclic) bond motifs is 32. The lowest BCUT2D eigenvalue weighted by molar-refractivity contribution is 0.656. The molecule has 0 aliphatic heterocycles. The van der Waals surface area contributed by atoms with E-state index in [4.69, 9.17) is 13.3 Å². The molecular weight excluding hydrogens is 1810 g/mol. The Balaban J connectivity index is 0.000000103. The van der Waals surface area contributed by atoms with E-state index in [1.54, 1.807) is 0 Å². The number of furan rings is 3. The third-order valence-electron chi connectivity index (χ3n) is 33.1. The minimum absolute atomic E-state index is 0.186. The molecule has 6 heteroatoms. The molecule has 32 rings (SSSR count). The summed E-state index contributed by atoms with van der Waals surface area (Å²) >= 11 is 0. The molecule has 0 saturated heterocycles. The highest BCUT2D eigenvalue weighted by Crippen LogP contribution is 2.59. The van der Waals surface area contributed by atoms with Crippen molar-refractivity contribution < 1.29 is 13.3 Å². The van der Waals surface area contributed by atoms with Crippen molar-refractivity contribution in [2.24, 2.45) is 0 Å². The standard InChI is InChI=1S/C51H35NO.C49H33NO.C43H29NO/c1-51(2)44-31-38(23-26-39(44)42-27-28-48-49(50(42)51)43-15-9-10-16-47(43)53-48)52-45-29-36(33-13-7-4-8-14-33)21-24-40(45)41-25-22-37(30-46(41)52)35-19-17-34(18-20-35)32-11-5-3-6-12-32;1-49(2)42-29-36(20-21-37(42)38-22-25-46-47(48(38)49)39-14-8-9-15-45(39)51-46)50-43-23-18-34(30-10-4-3-5-11-30)27-40(43)41-28-35(19-24-44(41)50)33-17-16-31-12-6-7-13-32(31)26-33;1-43(2)36-25-30(18-19-31(36)33-20-22-40-41(42(33)43)34-12-6-8-14-39(34)45-40)44-37-13-7-5-11-32(37)35-24-29(17-21-38(35)44)28-16-15-26-9-3-4-10-27(26)23-28/h3-31H,1-2H3;3-29H,1-2H3;3-25H,1-2H3. The highest BCUT2D eigenvalue weighted by molar-refractivity contribution is 6.18. The Bertz CT molecular complexity index is 10700. The first-order valence-electron chi connectivity index (χ1n) is 51.9. The van der Waals surface area contributed by atoms with E-state index < -0.39 is 0 Å². The smallest absolute Gasteiger partial charge is 0.135 e. The highest BCUT2D eigenvalue weighted by atomic mass is 16.3. The van der Waals surface area contributed by atoms with E-state index >= 15 is 0 Å². The zero-order valence-corrected chi connectivity index (χ0v) is 83.2. The average molecular weight is 1910 g/mol. The molecule has 0 saturated carbocycles. The molecule has 0 fully saturated rings. The van der Waals surface area contributed by atoms with Gasteiger partial charge in [-0.3, -0.25) is 0 Å². The molecule has 6 aromatic heterocycles. The predicted octanol–water partition coefficient (Wildman–Crippen LogP) is 39.3. The Morgan fingerprint density at radius 2 is 0.409 bits per heavy atom. The van der Waals surface area contributed by atoms with Crippen molar-refractivity contribution in [2.75, 3.05) is 0 Å². The van der Waals surface area contributed by atoms with E-state index in [9.17, 15) is 0 Å². The van der Waals surface area contributed by atoms with E-state index in [1.807, 2.05) is 6.07 Å². The second-order valence-electron chi connectivity index (χ2n) is 42.4. The lowest BCUT2D eigenvalue weighted by Crippen LogP contribution is -2.16. The van der Waals surface area contributed by atoms with Gasteiger partial charge in [0, 0.05) is 97.9 Å². The van der Waals surface area contributed by atoms with Crippen LogP contribution >= 0.6 is 0 Å². The van der Waals surface area contributed by atoms with Crippen LogP contribution < -0.4 is 0 Å². The Kier molecular flexibility index (Phi) is 18.9. The topological polar surface area (TPSA) is 54.2 Å². The van der Waals surface area contributed by atoms with Crippen molar-refractivity contribution in [1.82, 2.24) is 13.7 Å². The van der Waals surface area contributed by atoms with Gasteiger partial charge in [0.2, 0.25) is 0 Å². The van der Waals surface area contributed by atoms with Crippen molar-refractivity contribution in [3.63, 3.8) is 0 Å². The van der Waals surface area contributed by atoms with Crippen LogP contribution in [0.4, 0.5) is 0 Å². The lowest BCUT2D eigenvalue weighted by atomic mass is 9.80. The van der Waals surface area contributed by atoms with Gasteiger partial charge in [-0.15, -0.1) is 0 Å². The molecule has 3 aliphatic carbocycles. The normalized spacial score (nSPS) is 13.5. The molecule has 3 aliphatic rings. The van der Waals surface area contributed by atoms with Gasteiger partial charge < -0.3 is 27.0 Å². The van der Waals surface area contributed by atoms with Crippen LogP contribution in [-0.2, 0) is 16.2 Å². The molecule has 0 radical (unpaired) electrons. The van der Waals surface area contributed by atoms with Gasteiger partial charge in [0.1, 0.15) is 33.5 Å². The van der Waals surface area contributed by atoms with Crippen molar-refractivity contribution in [3.05, 3.63) is 513 Å². The van der Waals surface area contributed by atoms with Gasteiger partial charge in [0.15, 0.2) is 0 Å². The number of nitrogens with zero attached hydrogens (tertiary/aromatic N) is 3. The minimum Gasteiger partial charge on any atom is -0.456 e. The summed E-state index contributed by atoms with van der Waals surface area (Å²) in [4.78, 5) is 0. The molecule has 0 atom stereocenters. The first kappa shape index (κ1) is 85.9. The van der Waals surface area contributed by atoms with Gasteiger partial charge in [-0.05, 0) is 295 Å². The van der Waals surface area contributed by atoms with Gasteiger partial charge in [-0.2, -0.15) is 0 Å². The predicted molar refractivity (Wildman–Crippen MR) is 624 cm³/mol. The van der Waals surface area contributed by atoms with Crippen LogP contribution in [0.5, 0.6) is 0 Å². The maximum absolute atomic E-state index is 6.37. The molecule has 0 amide bonds. The van der Waals surface area contributed by atoms with Crippen molar-refractivity contribution >= 4 is 153 Å². The maximum Gasteiger partial charge on any atom is 0.135 e. The minimum atomic E-state index is -0.230. The molecule has 29 aromatic rings. The summed E-state index contributed by atoms with van der Waals surface area (Å²) in [6, 6.07) is 175. The van der Waals surface area contributed by atoms with Crippen LogP contribution in [0.3, 0.4) is 0 Å². The second kappa shape index (κ2) is 32.7. The van der Waals surface area contributed by atoms with E-state index in [-0.39, 0.29) is 16.2 Å². The summed E-state index contributed by atoms with van der Waals surface area (Å²) in [6.45, 7) is 14.2. The van der Waals surface area contributed by atoms with Crippen LogP contribution in [0.25, 0.3) is 270 Å². The summed E-state index contributed by atoms with van der Waals surface area (Å²) in [6.07, 6.45) is 0. The molecule has 149 heavy (non-hydrogen) atoms. The van der Waals surface area contributed by atoms with Crippen molar-refractivity contribution in [2.45, 2.75) is 57.8 Å². The van der Waals surface area contributed by atoms with Crippen LogP contribution in [0.1, 0.15) is 74.9 Å².